The molecule has 27 heavy (non-hydrogen) atoms. The molecule has 3 rings (SSSR count). The Morgan fingerprint density at radius 3 is 2.48 bits per heavy atom. The molecule has 142 valence electrons. The molecule has 0 aromatic heterocycles. The maximum absolute atomic E-state index is 13.1. The number of rotatable bonds is 2. The number of amides is 2. The first-order chi connectivity index (χ1) is 12.7. The molecule has 0 saturated heterocycles. The third-order valence-electron chi connectivity index (χ3n) is 4.60. The summed E-state index contributed by atoms with van der Waals surface area (Å²) in [5.41, 5.74) is 4.93. The average molecular weight is 387 g/mol. The molecule has 2 aromatic carbocycles. The van der Waals surface area contributed by atoms with E-state index in [0.29, 0.717) is 22.8 Å². The van der Waals surface area contributed by atoms with E-state index in [-0.39, 0.29) is 11.8 Å². The van der Waals surface area contributed by atoms with Crippen molar-refractivity contribution >= 4 is 23.4 Å². The number of fused-ring (bicyclic) bond motifs is 1. The highest BCUT2D eigenvalue weighted by atomic mass is 35.5. The maximum atomic E-state index is 13.1. The van der Waals surface area contributed by atoms with Crippen molar-refractivity contribution in [3.8, 4) is 5.75 Å². The van der Waals surface area contributed by atoms with Gasteiger partial charge in [0.05, 0.1) is 22.7 Å². The number of hydrogen-bond donors (Lipinski definition) is 1. The smallest absolute Gasteiger partial charge is 0.274 e. The van der Waals surface area contributed by atoms with Gasteiger partial charge in [-0.1, -0.05) is 23.7 Å². The number of nitrogens with one attached hydrogen (secondary N) is 1. The second kappa shape index (κ2) is 7.24. The van der Waals surface area contributed by atoms with Gasteiger partial charge in [0.2, 0.25) is 0 Å². The van der Waals surface area contributed by atoms with Crippen LogP contribution in [0.15, 0.2) is 36.4 Å². The van der Waals surface area contributed by atoms with Crippen molar-refractivity contribution in [2.75, 3.05) is 6.61 Å². The molecule has 0 unspecified atom stereocenters. The van der Waals surface area contributed by atoms with Gasteiger partial charge in [-0.2, -0.15) is 0 Å². The monoisotopic (exact) mass is 386 g/mol. The van der Waals surface area contributed by atoms with E-state index in [1.165, 1.54) is 5.01 Å². The van der Waals surface area contributed by atoms with E-state index < -0.39 is 5.54 Å². The quantitative estimate of drug-likeness (QED) is 0.788. The summed E-state index contributed by atoms with van der Waals surface area (Å²) in [5, 5.41) is 1.68. The summed E-state index contributed by atoms with van der Waals surface area (Å²) in [6.45, 7) is 8.09. The molecule has 0 spiro atoms. The standard InChI is InChI=1S/C21H23ClN2O3/c1-13-14-11-12-27-18(14)10-9-15(13)19(25)23-24(21(2,3)4)20(26)16-7-5-6-8-17(16)22/h5-10H,11-12H2,1-4H3,(H,23,25). The Morgan fingerprint density at radius 1 is 1.11 bits per heavy atom. The summed E-state index contributed by atoms with van der Waals surface area (Å²) < 4.78 is 5.55. The molecule has 0 aliphatic carbocycles. The van der Waals surface area contributed by atoms with Gasteiger partial charge in [-0.05, 0) is 57.5 Å². The first-order valence-electron chi connectivity index (χ1n) is 8.85. The zero-order chi connectivity index (χ0) is 19.8. The van der Waals surface area contributed by atoms with Crippen molar-refractivity contribution < 1.29 is 14.3 Å². The van der Waals surface area contributed by atoms with Crippen LogP contribution in [0.5, 0.6) is 5.75 Å². The van der Waals surface area contributed by atoms with Gasteiger partial charge >= 0.3 is 0 Å². The van der Waals surface area contributed by atoms with E-state index in [1.807, 2.05) is 33.8 Å². The Labute approximate surface area is 164 Å². The van der Waals surface area contributed by atoms with Gasteiger partial charge in [-0.25, -0.2) is 5.01 Å². The molecule has 0 atom stereocenters. The molecule has 1 aliphatic heterocycles. The SMILES string of the molecule is Cc1c(C(=O)NN(C(=O)c2ccccc2Cl)C(C)(C)C)ccc2c1CCO2. The number of benzene rings is 2. The largest absolute Gasteiger partial charge is 0.493 e. The van der Waals surface area contributed by atoms with E-state index in [0.717, 1.165) is 23.3 Å². The molecule has 0 fully saturated rings. The second-order valence-corrected chi connectivity index (χ2v) is 7.95. The van der Waals surface area contributed by atoms with Crippen LogP contribution < -0.4 is 10.2 Å². The summed E-state index contributed by atoms with van der Waals surface area (Å²) in [5.74, 6) is 0.130. The van der Waals surface area contributed by atoms with Crippen molar-refractivity contribution in [2.45, 2.75) is 39.7 Å². The first kappa shape index (κ1) is 19.2. The Morgan fingerprint density at radius 2 is 1.81 bits per heavy atom. The lowest BCUT2D eigenvalue weighted by molar-refractivity contribution is 0.0358. The maximum Gasteiger partial charge on any atom is 0.274 e. The highest BCUT2D eigenvalue weighted by Gasteiger charge is 2.31. The van der Waals surface area contributed by atoms with E-state index in [2.05, 4.69) is 5.43 Å². The molecule has 6 heteroatoms. The van der Waals surface area contributed by atoms with Gasteiger partial charge in [0.1, 0.15) is 5.75 Å². The Bertz CT molecular complexity index is 903. The lowest BCUT2D eigenvalue weighted by atomic mass is 10.00. The predicted octanol–water partition coefficient (Wildman–Crippen LogP) is 4.17. The fourth-order valence-corrected chi connectivity index (χ4v) is 3.34. The van der Waals surface area contributed by atoms with Gasteiger partial charge in [-0.3, -0.25) is 15.0 Å². The number of carbonyl (C=O) groups is 2. The van der Waals surface area contributed by atoms with Crippen LogP contribution in [-0.2, 0) is 6.42 Å². The third kappa shape index (κ3) is 3.78. The highest BCUT2D eigenvalue weighted by Crippen LogP contribution is 2.30. The minimum absolute atomic E-state index is 0.336. The van der Waals surface area contributed by atoms with Crippen LogP contribution in [0.1, 0.15) is 52.6 Å². The minimum Gasteiger partial charge on any atom is -0.493 e. The summed E-state index contributed by atoms with van der Waals surface area (Å²) in [7, 11) is 0. The van der Waals surface area contributed by atoms with E-state index in [1.54, 1.807) is 30.3 Å². The molecule has 1 aliphatic rings. The topological polar surface area (TPSA) is 58.6 Å². The zero-order valence-corrected chi connectivity index (χ0v) is 16.7. The van der Waals surface area contributed by atoms with Crippen LogP contribution in [-0.4, -0.2) is 29.0 Å². The van der Waals surface area contributed by atoms with Crippen molar-refractivity contribution in [3.63, 3.8) is 0 Å². The number of nitrogens with zero attached hydrogens (tertiary/aromatic N) is 1. The predicted molar refractivity (Wildman–Crippen MR) is 105 cm³/mol. The molecule has 2 aromatic rings. The second-order valence-electron chi connectivity index (χ2n) is 7.55. The minimum atomic E-state index is -0.639. The van der Waals surface area contributed by atoms with Crippen molar-refractivity contribution in [1.82, 2.24) is 10.4 Å². The zero-order valence-electron chi connectivity index (χ0n) is 15.9. The van der Waals surface area contributed by atoms with Gasteiger partial charge in [-0.15, -0.1) is 0 Å². The van der Waals surface area contributed by atoms with Crippen LogP contribution in [0.25, 0.3) is 0 Å². The van der Waals surface area contributed by atoms with Crippen molar-refractivity contribution in [3.05, 3.63) is 63.7 Å². The molecule has 0 saturated carbocycles. The van der Waals surface area contributed by atoms with E-state index >= 15 is 0 Å². The van der Waals surface area contributed by atoms with Crippen LogP contribution in [0.3, 0.4) is 0 Å². The summed E-state index contributed by atoms with van der Waals surface area (Å²) in [6.07, 6.45) is 0.782. The molecule has 1 N–H and O–H groups in total. The first-order valence-corrected chi connectivity index (χ1v) is 9.23. The number of hydrogen-bond acceptors (Lipinski definition) is 3. The molecular weight excluding hydrogens is 364 g/mol. The highest BCUT2D eigenvalue weighted by molar-refractivity contribution is 6.33. The number of ether oxygens (including phenoxy) is 1. The molecule has 2 amide bonds. The third-order valence-corrected chi connectivity index (χ3v) is 4.93. The van der Waals surface area contributed by atoms with Crippen LogP contribution in [0.2, 0.25) is 5.02 Å². The van der Waals surface area contributed by atoms with E-state index in [9.17, 15) is 9.59 Å². The van der Waals surface area contributed by atoms with Crippen LogP contribution in [0, 0.1) is 6.92 Å². The summed E-state index contributed by atoms with van der Waals surface area (Å²) in [6, 6.07) is 10.3. The molecule has 0 bridgehead atoms. The molecular formula is C21H23ClN2O3. The van der Waals surface area contributed by atoms with Gasteiger partial charge in [0.25, 0.3) is 11.8 Å². The number of hydrazine groups is 1. The summed E-state index contributed by atoms with van der Waals surface area (Å²) >= 11 is 6.18. The van der Waals surface area contributed by atoms with Crippen molar-refractivity contribution in [1.29, 1.82) is 0 Å². The fourth-order valence-electron chi connectivity index (χ4n) is 3.13. The fraction of sp³-hybridized carbons (Fsp3) is 0.333. The Balaban J connectivity index is 1.91. The summed E-state index contributed by atoms with van der Waals surface area (Å²) in [4.78, 5) is 26.0. The molecule has 5 nitrogen and oxygen atoms in total. The van der Waals surface area contributed by atoms with Gasteiger partial charge < -0.3 is 4.74 Å². The Hall–Kier alpha value is -2.53. The molecule has 1 heterocycles. The Kier molecular flexibility index (Phi) is 5.16. The van der Waals surface area contributed by atoms with Gasteiger partial charge in [0.15, 0.2) is 0 Å². The van der Waals surface area contributed by atoms with Crippen LogP contribution >= 0.6 is 11.6 Å². The van der Waals surface area contributed by atoms with Crippen molar-refractivity contribution in [2.24, 2.45) is 0 Å². The lowest BCUT2D eigenvalue weighted by Crippen LogP contribution is -2.56. The van der Waals surface area contributed by atoms with Gasteiger partial charge in [0, 0.05) is 17.5 Å². The number of halogens is 1. The average Bonchev–Trinajstić information content (AvgIpc) is 3.08. The normalized spacial score (nSPS) is 12.9. The number of carbonyl (C=O) groups excluding carboxylic acids is 2. The van der Waals surface area contributed by atoms with E-state index in [4.69, 9.17) is 16.3 Å². The molecule has 0 radical (unpaired) electrons. The van der Waals surface area contributed by atoms with Crippen LogP contribution in [0.4, 0.5) is 0 Å². The lowest BCUT2D eigenvalue weighted by Gasteiger charge is -2.35.